The molecule has 2 unspecified atom stereocenters. The number of nitrogens with zero attached hydrogens (tertiary/aromatic N) is 1. The van der Waals surface area contributed by atoms with Crippen LogP contribution in [-0.4, -0.2) is 58.8 Å². The number of β-amino-alcohol motifs (C(OH)–C–C–N with tert-alkyl or cyclic N) is 2. The van der Waals surface area contributed by atoms with Crippen LogP contribution in [0.3, 0.4) is 0 Å². The van der Waals surface area contributed by atoms with Crippen LogP contribution in [0.5, 0.6) is 0 Å². The second-order valence-corrected chi connectivity index (χ2v) is 5.45. The Morgan fingerprint density at radius 2 is 1.85 bits per heavy atom. The van der Waals surface area contributed by atoms with Gasteiger partial charge < -0.3 is 20.4 Å². The first kappa shape index (κ1) is 15.0. The summed E-state index contributed by atoms with van der Waals surface area (Å²) in [4.78, 5) is 25.1. The highest BCUT2D eigenvalue weighted by atomic mass is 79.9. The number of carbonyl (C=O) groups is 2. The van der Waals surface area contributed by atoms with Gasteiger partial charge in [0.1, 0.15) is 0 Å². The van der Waals surface area contributed by atoms with E-state index in [1.54, 1.807) is 24.3 Å². The number of carbonyl (C=O) groups excluding carboxylic acids is 2. The minimum absolute atomic E-state index is 0.0882. The molecule has 3 N–H and O–H groups in total. The number of benzene rings is 1. The summed E-state index contributed by atoms with van der Waals surface area (Å²) in [5.74, 6) is -0.688. The highest BCUT2D eigenvalue weighted by molar-refractivity contribution is 9.10. The van der Waals surface area contributed by atoms with E-state index in [1.165, 1.54) is 4.90 Å². The Morgan fingerprint density at radius 3 is 2.45 bits per heavy atom. The van der Waals surface area contributed by atoms with Crippen LogP contribution >= 0.6 is 15.9 Å². The van der Waals surface area contributed by atoms with Gasteiger partial charge >= 0.3 is 0 Å². The van der Waals surface area contributed by atoms with Crippen LogP contribution in [0.4, 0.5) is 0 Å². The Hall–Kier alpha value is -1.44. The number of rotatable bonds is 3. The van der Waals surface area contributed by atoms with Gasteiger partial charge in [0.15, 0.2) is 0 Å². The molecule has 0 radical (unpaired) electrons. The zero-order valence-corrected chi connectivity index (χ0v) is 12.2. The van der Waals surface area contributed by atoms with E-state index in [4.69, 9.17) is 0 Å². The Kier molecular flexibility index (Phi) is 4.74. The third-order valence-corrected chi connectivity index (χ3v) is 3.82. The average Bonchev–Trinajstić information content (AvgIpc) is 2.76. The molecule has 20 heavy (non-hydrogen) atoms. The molecule has 1 aromatic carbocycles. The number of hydrogen-bond donors (Lipinski definition) is 3. The van der Waals surface area contributed by atoms with Crippen LogP contribution in [-0.2, 0) is 4.79 Å². The smallest absolute Gasteiger partial charge is 0.252 e. The SMILES string of the molecule is O=C(NCC(=O)N1CC(O)C(O)C1)c1ccccc1Br. The maximum Gasteiger partial charge on any atom is 0.252 e. The van der Waals surface area contributed by atoms with Crippen LogP contribution in [0, 0.1) is 0 Å². The molecule has 0 aliphatic carbocycles. The first-order chi connectivity index (χ1) is 9.49. The first-order valence-electron chi connectivity index (χ1n) is 6.15. The molecule has 2 atom stereocenters. The maximum absolute atomic E-state index is 11.9. The van der Waals surface area contributed by atoms with Crippen molar-refractivity contribution in [2.24, 2.45) is 0 Å². The van der Waals surface area contributed by atoms with Crippen LogP contribution < -0.4 is 5.32 Å². The molecule has 1 aliphatic rings. The molecule has 7 heteroatoms. The van der Waals surface area contributed by atoms with E-state index in [1.807, 2.05) is 0 Å². The fourth-order valence-corrected chi connectivity index (χ4v) is 2.45. The first-order valence-corrected chi connectivity index (χ1v) is 6.95. The second-order valence-electron chi connectivity index (χ2n) is 4.60. The van der Waals surface area contributed by atoms with Crippen molar-refractivity contribution < 1.29 is 19.8 Å². The highest BCUT2D eigenvalue weighted by Gasteiger charge is 2.32. The van der Waals surface area contributed by atoms with Gasteiger partial charge in [-0.2, -0.15) is 0 Å². The summed E-state index contributed by atoms with van der Waals surface area (Å²) in [7, 11) is 0. The number of hydrogen-bond acceptors (Lipinski definition) is 4. The normalized spacial score (nSPS) is 21.9. The monoisotopic (exact) mass is 342 g/mol. The zero-order valence-electron chi connectivity index (χ0n) is 10.6. The molecular formula is C13H15BrN2O4. The molecule has 1 fully saturated rings. The standard InChI is InChI=1S/C13H15BrN2O4/c14-9-4-2-1-3-8(9)13(20)15-5-12(19)16-6-10(17)11(18)7-16/h1-4,10-11,17-18H,5-7H2,(H,15,20). The summed E-state index contributed by atoms with van der Waals surface area (Å²) < 4.78 is 0.650. The van der Waals surface area contributed by atoms with Crippen molar-refractivity contribution in [3.8, 4) is 0 Å². The van der Waals surface area contributed by atoms with Gasteiger partial charge in [-0.15, -0.1) is 0 Å². The minimum atomic E-state index is -0.919. The van der Waals surface area contributed by atoms with E-state index >= 15 is 0 Å². The Morgan fingerprint density at radius 1 is 1.25 bits per heavy atom. The van der Waals surface area contributed by atoms with Gasteiger partial charge in [0, 0.05) is 17.6 Å². The van der Waals surface area contributed by atoms with Crippen molar-refractivity contribution in [2.75, 3.05) is 19.6 Å². The lowest BCUT2D eigenvalue weighted by Gasteiger charge is -2.15. The molecule has 2 amide bonds. The molecule has 1 heterocycles. The van der Waals surface area contributed by atoms with Crippen LogP contribution in [0.1, 0.15) is 10.4 Å². The van der Waals surface area contributed by atoms with Crippen LogP contribution in [0.15, 0.2) is 28.7 Å². The summed E-state index contributed by atoms with van der Waals surface area (Å²) in [5.41, 5.74) is 0.446. The summed E-state index contributed by atoms with van der Waals surface area (Å²) in [6, 6.07) is 6.91. The summed E-state index contributed by atoms with van der Waals surface area (Å²) in [6.45, 7) is 0.00934. The van der Waals surface area contributed by atoms with E-state index in [0.717, 1.165) is 0 Å². The van der Waals surface area contributed by atoms with E-state index in [9.17, 15) is 19.8 Å². The molecule has 1 aliphatic heterocycles. The number of aliphatic hydroxyl groups excluding tert-OH is 2. The molecule has 0 aromatic heterocycles. The lowest BCUT2D eigenvalue weighted by molar-refractivity contribution is -0.129. The fourth-order valence-electron chi connectivity index (χ4n) is 1.98. The van der Waals surface area contributed by atoms with Crippen molar-refractivity contribution in [3.05, 3.63) is 34.3 Å². The van der Waals surface area contributed by atoms with Gasteiger partial charge in [-0.3, -0.25) is 9.59 Å². The van der Waals surface area contributed by atoms with Gasteiger partial charge in [0.2, 0.25) is 5.91 Å². The third kappa shape index (κ3) is 3.36. The number of likely N-dealkylation sites (tertiary alicyclic amines) is 1. The largest absolute Gasteiger partial charge is 0.388 e. The number of aliphatic hydroxyl groups is 2. The maximum atomic E-state index is 11.9. The quantitative estimate of drug-likeness (QED) is 0.706. The Balaban J connectivity index is 1.88. The highest BCUT2D eigenvalue weighted by Crippen LogP contribution is 2.15. The lowest BCUT2D eigenvalue weighted by Crippen LogP contribution is -2.39. The predicted molar refractivity (Wildman–Crippen MR) is 75.1 cm³/mol. The summed E-state index contributed by atoms with van der Waals surface area (Å²) >= 11 is 3.26. The van der Waals surface area contributed by atoms with Crippen molar-refractivity contribution >= 4 is 27.7 Å². The molecule has 2 rings (SSSR count). The van der Waals surface area contributed by atoms with Crippen molar-refractivity contribution in [3.63, 3.8) is 0 Å². The summed E-state index contributed by atoms with van der Waals surface area (Å²) in [6.07, 6.45) is -1.84. The number of nitrogens with one attached hydrogen (secondary N) is 1. The van der Waals surface area contributed by atoms with Gasteiger partial charge in [0.05, 0.1) is 24.3 Å². The Bertz CT molecular complexity index is 513. The summed E-state index contributed by atoms with van der Waals surface area (Å²) in [5, 5.41) is 21.3. The molecule has 1 saturated heterocycles. The Labute approximate surface area is 124 Å². The number of amides is 2. The molecular weight excluding hydrogens is 328 g/mol. The van der Waals surface area contributed by atoms with Crippen LogP contribution in [0.2, 0.25) is 0 Å². The molecule has 6 nitrogen and oxygen atoms in total. The molecule has 108 valence electrons. The lowest BCUT2D eigenvalue weighted by atomic mass is 10.2. The predicted octanol–water partition coefficient (Wildman–Crippen LogP) is -0.257. The van der Waals surface area contributed by atoms with Crippen molar-refractivity contribution in [1.29, 1.82) is 0 Å². The fraction of sp³-hybridized carbons (Fsp3) is 0.385. The molecule has 0 bridgehead atoms. The van der Waals surface area contributed by atoms with Gasteiger partial charge in [-0.25, -0.2) is 0 Å². The van der Waals surface area contributed by atoms with Crippen molar-refractivity contribution in [2.45, 2.75) is 12.2 Å². The second kappa shape index (κ2) is 6.34. The van der Waals surface area contributed by atoms with Gasteiger partial charge in [0.25, 0.3) is 5.91 Å². The van der Waals surface area contributed by atoms with E-state index < -0.39 is 12.2 Å². The molecule has 0 saturated carbocycles. The minimum Gasteiger partial charge on any atom is -0.388 e. The average molecular weight is 343 g/mol. The van der Waals surface area contributed by atoms with Crippen molar-refractivity contribution in [1.82, 2.24) is 10.2 Å². The molecule has 0 spiro atoms. The number of halogens is 1. The van der Waals surface area contributed by atoms with Gasteiger partial charge in [-0.1, -0.05) is 12.1 Å². The van der Waals surface area contributed by atoms with E-state index in [-0.39, 0.29) is 31.4 Å². The molecule has 1 aromatic rings. The zero-order chi connectivity index (χ0) is 14.7. The third-order valence-electron chi connectivity index (χ3n) is 3.13. The van der Waals surface area contributed by atoms with Gasteiger partial charge in [-0.05, 0) is 28.1 Å². The van der Waals surface area contributed by atoms with E-state index in [2.05, 4.69) is 21.2 Å². The van der Waals surface area contributed by atoms with E-state index in [0.29, 0.717) is 10.0 Å². The topological polar surface area (TPSA) is 89.9 Å². The van der Waals surface area contributed by atoms with Crippen LogP contribution in [0.25, 0.3) is 0 Å².